The van der Waals surface area contributed by atoms with Crippen LogP contribution < -0.4 is 5.56 Å². The van der Waals surface area contributed by atoms with E-state index in [4.69, 9.17) is 5.11 Å². The van der Waals surface area contributed by atoms with Crippen LogP contribution in [0, 0.1) is 5.92 Å². The van der Waals surface area contributed by atoms with Gasteiger partial charge in [0.05, 0.1) is 23.0 Å². The third-order valence-electron chi connectivity index (χ3n) is 3.92. The van der Waals surface area contributed by atoms with Crippen molar-refractivity contribution in [3.05, 3.63) is 46.4 Å². The summed E-state index contributed by atoms with van der Waals surface area (Å²) in [5.41, 5.74) is 0.794. The monoisotopic (exact) mass is 328 g/mol. The first-order valence-corrected chi connectivity index (χ1v) is 7.37. The van der Waals surface area contributed by atoms with Gasteiger partial charge in [0.2, 0.25) is 0 Å². The Morgan fingerprint density at radius 3 is 2.79 bits per heavy atom. The van der Waals surface area contributed by atoms with Gasteiger partial charge in [0, 0.05) is 13.6 Å². The van der Waals surface area contributed by atoms with E-state index in [0.717, 1.165) is 0 Å². The van der Waals surface area contributed by atoms with Crippen LogP contribution in [-0.4, -0.2) is 50.1 Å². The van der Waals surface area contributed by atoms with Crippen LogP contribution in [0.5, 0.6) is 0 Å². The number of H-pyrrole nitrogens is 1. The SMILES string of the molecule is CC(CN(C)C(=O)c1cnn2c1[nH]c(=O)c1ccccc12)C(=O)O. The second kappa shape index (κ2) is 5.80. The van der Waals surface area contributed by atoms with Crippen molar-refractivity contribution in [2.24, 2.45) is 5.92 Å². The first-order valence-electron chi connectivity index (χ1n) is 7.37. The van der Waals surface area contributed by atoms with Gasteiger partial charge in [-0.2, -0.15) is 5.10 Å². The molecule has 24 heavy (non-hydrogen) atoms. The minimum Gasteiger partial charge on any atom is -0.481 e. The van der Waals surface area contributed by atoms with Crippen molar-refractivity contribution in [2.45, 2.75) is 6.92 Å². The summed E-state index contributed by atoms with van der Waals surface area (Å²) in [5, 5.41) is 13.6. The molecule has 2 aromatic heterocycles. The van der Waals surface area contributed by atoms with Gasteiger partial charge in [0.1, 0.15) is 11.2 Å². The van der Waals surface area contributed by atoms with Gasteiger partial charge in [0.25, 0.3) is 11.5 Å². The van der Waals surface area contributed by atoms with Crippen molar-refractivity contribution < 1.29 is 14.7 Å². The van der Waals surface area contributed by atoms with Crippen LogP contribution in [0.4, 0.5) is 0 Å². The highest BCUT2D eigenvalue weighted by Gasteiger charge is 2.22. The molecule has 124 valence electrons. The number of nitrogens with one attached hydrogen (secondary N) is 1. The third kappa shape index (κ3) is 2.51. The maximum Gasteiger partial charge on any atom is 0.308 e. The summed E-state index contributed by atoms with van der Waals surface area (Å²) in [5.74, 6) is -2.07. The summed E-state index contributed by atoms with van der Waals surface area (Å²) in [6.07, 6.45) is 1.38. The minimum atomic E-state index is -0.978. The summed E-state index contributed by atoms with van der Waals surface area (Å²) in [6.45, 7) is 1.58. The Hall–Kier alpha value is -3.16. The van der Waals surface area contributed by atoms with E-state index in [-0.39, 0.29) is 17.7 Å². The highest BCUT2D eigenvalue weighted by atomic mass is 16.4. The fourth-order valence-corrected chi connectivity index (χ4v) is 2.61. The molecule has 8 heteroatoms. The zero-order chi connectivity index (χ0) is 17.4. The van der Waals surface area contributed by atoms with Gasteiger partial charge < -0.3 is 15.0 Å². The van der Waals surface area contributed by atoms with Crippen LogP contribution in [-0.2, 0) is 4.79 Å². The Balaban J connectivity index is 2.06. The number of aliphatic carboxylic acids is 1. The second-order valence-electron chi connectivity index (χ2n) is 5.71. The van der Waals surface area contributed by atoms with E-state index >= 15 is 0 Å². The van der Waals surface area contributed by atoms with Gasteiger partial charge >= 0.3 is 5.97 Å². The Morgan fingerprint density at radius 2 is 2.08 bits per heavy atom. The van der Waals surface area contributed by atoms with Gasteiger partial charge in [-0.25, -0.2) is 4.52 Å². The number of carboxylic acid groups (broad SMARTS) is 1. The summed E-state index contributed by atoms with van der Waals surface area (Å²) in [6, 6.07) is 6.96. The van der Waals surface area contributed by atoms with Crippen molar-refractivity contribution in [2.75, 3.05) is 13.6 Å². The van der Waals surface area contributed by atoms with Crippen molar-refractivity contribution >= 4 is 28.4 Å². The number of carbonyl (C=O) groups excluding carboxylic acids is 1. The van der Waals surface area contributed by atoms with Crippen LogP contribution in [0.25, 0.3) is 16.6 Å². The van der Waals surface area contributed by atoms with Gasteiger partial charge in [-0.05, 0) is 12.1 Å². The molecule has 0 radical (unpaired) electrons. The van der Waals surface area contributed by atoms with E-state index in [1.54, 1.807) is 24.3 Å². The molecule has 2 N–H and O–H groups in total. The minimum absolute atomic E-state index is 0.0588. The number of fused-ring (bicyclic) bond motifs is 3. The van der Waals surface area contributed by atoms with Crippen LogP contribution in [0.2, 0.25) is 0 Å². The second-order valence-corrected chi connectivity index (χ2v) is 5.71. The molecule has 1 atom stereocenters. The zero-order valence-corrected chi connectivity index (χ0v) is 13.2. The van der Waals surface area contributed by atoms with Crippen LogP contribution in [0.1, 0.15) is 17.3 Å². The van der Waals surface area contributed by atoms with Gasteiger partial charge in [-0.3, -0.25) is 14.4 Å². The highest BCUT2D eigenvalue weighted by Crippen LogP contribution is 2.15. The molecule has 0 aliphatic heterocycles. The molecule has 1 amide bonds. The highest BCUT2D eigenvalue weighted by molar-refractivity contribution is 6.00. The number of rotatable bonds is 4. The van der Waals surface area contributed by atoms with E-state index in [1.807, 2.05) is 0 Å². The Kier molecular flexibility index (Phi) is 3.80. The smallest absolute Gasteiger partial charge is 0.308 e. The molecule has 3 aromatic rings. The summed E-state index contributed by atoms with van der Waals surface area (Å²) < 4.78 is 1.50. The predicted octanol–water partition coefficient (Wildman–Crippen LogP) is 0.969. The van der Waals surface area contributed by atoms with Crippen LogP contribution in [0.3, 0.4) is 0 Å². The number of benzene rings is 1. The Bertz CT molecular complexity index is 1000. The van der Waals surface area contributed by atoms with Crippen molar-refractivity contribution in [1.82, 2.24) is 19.5 Å². The van der Waals surface area contributed by atoms with E-state index in [9.17, 15) is 14.4 Å². The lowest BCUT2D eigenvalue weighted by Gasteiger charge is -2.18. The zero-order valence-electron chi connectivity index (χ0n) is 13.2. The molecule has 3 rings (SSSR count). The van der Waals surface area contributed by atoms with Crippen LogP contribution in [0.15, 0.2) is 35.3 Å². The van der Waals surface area contributed by atoms with E-state index in [0.29, 0.717) is 16.6 Å². The maximum atomic E-state index is 12.6. The van der Waals surface area contributed by atoms with Gasteiger partial charge in [-0.15, -0.1) is 0 Å². The summed E-state index contributed by atoms with van der Waals surface area (Å²) >= 11 is 0. The van der Waals surface area contributed by atoms with Crippen molar-refractivity contribution in [1.29, 1.82) is 0 Å². The number of hydrogen-bond donors (Lipinski definition) is 2. The molecule has 0 fully saturated rings. The topological polar surface area (TPSA) is 108 Å². The van der Waals surface area contributed by atoms with Crippen molar-refractivity contribution in [3.8, 4) is 0 Å². The molecule has 2 heterocycles. The Morgan fingerprint density at radius 1 is 1.38 bits per heavy atom. The molecule has 0 bridgehead atoms. The lowest BCUT2D eigenvalue weighted by molar-refractivity contribution is -0.141. The van der Waals surface area contributed by atoms with Gasteiger partial charge in [0.15, 0.2) is 0 Å². The lowest BCUT2D eigenvalue weighted by atomic mass is 10.1. The molecule has 1 unspecified atom stereocenters. The average Bonchev–Trinajstić information content (AvgIpc) is 2.98. The summed E-state index contributed by atoms with van der Waals surface area (Å²) in [7, 11) is 1.52. The lowest BCUT2D eigenvalue weighted by Crippen LogP contribution is -2.33. The molecule has 0 saturated heterocycles. The molecule has 8 nitrogen and oxygen atoms in total. The molecule has 0 aliphatic rings. The van der Waals surface area contributed by atoms with E-state index in [2.05, 4.69) is 10.1 Å². The number of carboxylic acids is 1. The number of nitrogens with zero attached hydrogens (tertiary/aromatic N) is 3. The maximum absolute atomic E-state index is 12.6. The quantitative estimate of drug-likeness (QED) is 0.742. The average molecular weight is 328 g/mol. The van der Waals surface area contributed by atoms with Gasteiger partial charge in [-0.1, -0.05) is 19.1 Å². The third-order valence-corrected chi connectivity index (χ3v) is 3.92. The normalized spacial score (nSPS) is 12.4. The molecule has 0 saturated carbocycles. The van der Waals surface area contributed by atoms with Crippen molar-refractivity contribution in [3.63, 3.8) is 0 Å². The first kappa shape index (κ1) is 15.7. The molecule has 0 spiro atoms. The molecule has 0 aliphatic carbocycles. The Labute approximate surface area is 136 Å². The largest absolute Gasteiger partial charge is 0.481 e. The molecule has 1 aromatic carbocycles. The predicted molar refractivity (Wildman–Crippen MR) is 87.1 cm³/mol. The number of aromatic nitrogens is 3. The first-order chi connectivity index (χ1) is 11.4. The number of amides is 1. The standard InChI is InChI=1S/C16H16N4O4/c1-9(16(23)24)8-19(2)15(22)11-7-17-20-12-6-4-3-5-10(12)14(21)18-13(11)20/h3-7,9H,8H2,1-2H3,(H,18,21)(H,23,24). The number of para-hydroxylation sites is 1. The summed E-state index contributed by atoms with van der Waals surface area (Å²) in [4.78, 5) is 39.7. The molecular weight excluding hydrogens is 312 g/mol. The number of hydrogen-bond acceptors (Lipinski definition) is 4. The number of aromatic amines is 1. The van der Waals surface area contributed by atoms with E-state index in [1.165, 1.54) is 29.6 Å². The fourth-order valence-electron chi connectivity index (χ4n) is 2.61. The molecular formula is C16H16N4O4. The fraction of sp³-hybridized carbons (Fsp3) is 0.250. The van der Waals surface area contributed by atoms with Crippen LogP contribution >= 0.6 is 0 Å². The number of carbonyl (C=O) groups is 2. The van der Waals surface area contributed by atoms with E-state index < -0.39 is 17.8 Å².